The van der Waals surface area contributed by atoms with Crippen LogP contribution in [0.3, 0.4) is 0 Å². The average molecular weight is 352 g/mol. The third kappa shape index (κ3) is 3.42. The summed E-state index contributed by atoms with van der Waals surface area (Å²) in [7, 11) is 0. The van der Waals surface area contributed by atoms with Crippen LogP contribution in [0.25, 0.3) is 0 Å². The van der Waals surface area contributed by atoms with E-state index in [2.05, 4.69) is 0 Å². The van der Waals surface area contributed by atoms with Gasteiger partial charge in [0.15, 0.2) is 0 Å². The minimum Gasteiger partial charge on any atom is -0.342 e. The number of rotatable bonds is 3. The topological polar surface area (TPSA) is 66.6 Å². The van der Waals surface area contributed by atoms with E-state index in [0.29, 0.717) is 25.4 Å². The zero-order chi connectivity index (χ0) is 16.6. The highest BCUT2D eigenvalue weighted by Gasteiger charge is 2.39. The van der Waals surface area contributed by atoms with Crippen LogP contribution in [0.5, 0.6) is 0 Å². The van der Waals surface area contributed by atoms with Gasteiger partial charge in [0, 0.05) is 31.7 Å². The molecule has 3 rings (SSSR count). The van der Waals surface area contributed by atoms with Crippen LogP contribution >= 0.6 is 12.4 Å². The molecule has 2 N–H and O–H groups in total. The number of nitrogens with two attached hydrogens (primary N) is 1. The number of anilines is 1. The van der Waals surface area contributed by atoms with Crippen molar-refractivity contribution in [3.63, 3.8) is 0 Å². The van der Waals surface area contributed by atoms with Crippen molar-refractivity contribution in [2.24, 2.45) is 17.6 Å². The molecule has 24 heavy (non-hydrogen) atoms. The highest BCUT2D eigenvalue weighted by atomic mass is 35.5. The van der Waals surface area contributed by atoms with Gasteiger partial charge in [-0.05, 0) is 49.9 Å². The van der Waals surface area contributed by atoms with E-state index in [-0.39, 0.29) is 30.1 Å². The third-order valence-electron chi connectivity index (χ3n) is 5.27. The van der Waals surface area contributed by atoms with Gasteiger partial charge >= 0.3 is 0 Å². The fraction of sp³-hybridized carbons (Fsp3) is 0.556. The summed E-state index contributed by atoms with van der Waals surface area (Å²) in [6.45, 7) is 6.70. The van der Waals surface area contributed by atoms with Crippen molar-refractivity contribution in [1.29, 1.82) is 0 Å². The first-order chi connectivity index (χ1) is 11.0. The molecular formula is C18H26ClN3O2. The van der Waals surface area contributed by atoms with E-state index in [1.807, 2.05) is 36.9 Å². The smallest absolute Gasteiger partial charge is 0.228 e. The molecule has 0 spiro atoms. The van der Waals surface area contributed by atoms with Crippen LogP contribution in [0, 0.1) is 25.7 Å². The quantitative estimate of drug-likeness (QED) is 0.904. The second-order valence-corrected chi connectivity index (χ2v) is 6.80. The number of carbonyl (C=O) groups excluding carboxylic acids is 2. The van der Waals surface area contributed by atoms with E-state index in [1.165, 1.54) is 0 Å². The molecule has 2 saturated heterocycles. The van der Waals surface area contributed by atoms with E-state index in [4.69, 9.17) is 5.73 Å². The summed E-state index contributed by atoms with van der Waals surface area (Å²) in [5, 5.41) is 0. The number of aryl methyl sites for hydroxylation is 1. The van der Waals surface area contributed by atoms with Gasteiger partial charge in [-0.15, -0.1) is 12.4 Å². The number of hydrogen-bond acceptors (Lipinski definition) is 3. The fourth-order valence-electron chi connectivity index (χ4n) is 3.62. The van der Waals surface area contributed by atoms with Crippen LogP contribution in [0.2, 0.25) is 0 Å². The highest BCUT2D eigenvalue weighted by molar-refractivity contribution is 6.01. The Hall–Kier alpha value is -1.59. The Morgan fingerprint density at radius 3 is 2.71 bits per heavy atom. The molecule has 1 aromatic rings. The van der Waals surface area contributed by atoms with Gasteiger partial charge in [-0.3, -0.25) is 9.59 Å². The van der Waals surface area contributed by atoms with E-state index in [1.54, 1.807) is 4.90 Å². The molecule has 0 bridgehead atoms. The van der Waals surface area contributed by atoms with Crippen LogP contribution in [-0.2, 0) is 9.59 Å². The molecule has 0 aromatic heterocycles. The monoisotopic (exact) mass is 351 g/mol. The number of benzene rings is 1. The number of likely N-dealkylation sites (tertiary alicyclic amines) is 1. The lowest BCUT2D eigenvalue weighted by Gasteiger charge is -2.22. The summed E-state index contributed by atoms with van der Waals surface area (Å²) in [6.07, 6.45) is 1.29. The molecule has 0 aliphatic carbocycles. The van der Waals surface area contributed by atoms with Crippen LogP contribution in [-0.4, -0.2) is 42.9 Å². The molecule has 1 aromatic carbocycles. The van der Waals surface area contributed by atoms with Gasteiger partial charge in [0.05, 0.1) is 5.92 Å². The Morgan fingerprint density at radius 2 is 2.04 bits per heavy atom. The van der Waals surface area contributed by atoms with Crippen molar-refractivity contribution in [2.45, 2.75) is 26.7 Å². The minimum atomic E-state index is -0.223. The lowest BCUT2D eigenvalue weighted by Crippen LogP contribution is -2.36. The zero-order valence-corrected chi connectivity index (χ0v) is 15.1. The summed E-state index contributed by atoms with van der Waals surface area (Å²) in [5.41, 5.74) is 8.91. The van der Waals surface area contributed by atoms with Crippen molar-refractivity contribution >= 4 is 29.9 Å². The first kappa shape index (κ1) is 18.7. The molecule has 2 heterocycles. The van der Waals surface area contributed by atoms with E-state index in [0.717, 1.165) is 36.3 Å². The summed E-state index contributed by atoms with van der Waals surface area (Å²) in [4.78, 5) is 28.8. The number of nitrogens with zero attached hydrogens (tertiary/aromatic N) is 2. The van der Waals surface area contributed by atoms with Crippen LogP contribution in [0.4, 0.5) is 5.69 Å². The Bertz CT molecular complexity index is 635. The molecule has 2 amide bonds. The molecule has 0 saturated carbocycles. The average Bonchev–Trinajstić information content (AvgIpc) is 3.16. The van der Waals surface area contributed by atoms with Crippen LogP contribution in [0.1, 0.15) is 24.0 Å². The molecule has 2 atom stereocenters. The van der Waals surface area contributed by atoms with Crippen molar-refractivity contribution in [2.75, 3.05) is 31.1 Å². The number of halogens is 1. The molecule has 2 aliphatic heterocycles. The number of carbonyl (C=O) groups is 2. The van der Waals surface area contributed by atoms with Crippen molar-refractivity contribution in [3.8, 4) is 0 Å². The maximum absolute atomic E-state index is 12.7. The molecule has 2 fully saturated rings. The van der Waals surface area contributed by atoms with Crippen molar-refractivity contribution in [1.82, 2.24) is 4.90 Å². The summed E-state index contributed by atoms with van der Waals surface area (Å²) in [6, 6.07) is 5.97. The predicted molar refractivity (Wildman–Crippen MR) is 97.4 cm³/mol. The first-order valence-corrected chi connectivity index (χ1v) is 8.36. The van der Waals surface area contributed by atoms with Crippen LogP contribution in [0.15, 0.2) is 18.2 Å². The second kappa shape index (κ2) is 7.53. The lowest BCUT2D eigenvalue weighted by atomic mass is 10.1. The minimum absolute atomic E-state index is 0. The molecule has 2 aliphatic rings. The van der Waals surface area contributed by atoms with E-state index in [9.17, 15) is 9.59 Å². The Kier molecular flexibility index (Phi) is 5.88. The van der Waals surface area contributed by atoms with Crippen molar-refractivity contribution in [3.05, 3.63) is 29.3 Å². The normalized spacial score (nSPS) is 23.5. The first-order valence-electron chi connectivity index (χ1n) is 8.36. The lowest BCUT2D eigenvalue weighted by molar-refractivity contribution is -0.134. The fourth-order valence-corrected chi connectivity index (χ4v) is 3.62. The van der Waals surface area contributed by atoms with Gasteiger partial charge in [0.25, 0.3) is 0 Å². The molecule has 132 valence electrons. The summed E-state index contributed by atoms with van der Waals surface area (Å²) >= 11 is 0. The van der Waals surface area contributed by atoms with E-state index >= 15 is 0 Å². The predicted octanol–water partition coefficient (Wildman–Crippen LogP) is 1.89. The molecule has 5 nitrogen and oxygen atoms in total. The van der Waals surface area contributed by atoms with Crippen LogP contribution < -0.4 is 10.6 Å². The summed E-state index contributed by atoms with van der Waals surface area (Å²) < 4.78 is 0. The van der Waals surface area contributed by atoms with Gasteiger partial charge in [-0.1, -0.05) is 12.1 Å². The van der Waals surface area contributed by atoms with Crippen molar-refractivity contribution < 1.29 is 9.59 Å². The SMILES string of the molecule is Cc1cccc(N2CC(C(=O)N3CCC(CN)C3)CC2=O)c1C.Cl. The molecule has 6 heteroatoms. The molecule has 0 radical (unpaired) electrons. The van der Waals surface area contributed by atoms with Gasteiger partial charge in [-0.25, -0.2) is 0 Å². The molecule has 2 unspecified atom stereocenters. The maximum Gasteiger partial charge on any atom is 0.228 e. The van der Waals surface area contributed by atoms with Gasteiger partial charge in [0.1, 0.15) is 0 Å². The van der Waals surface area contributed by atoms with E-state index < -0.39 is 0 Å². The maximum atomic E-state index is 12.7. The standard InChI is InChI=1S/C18H25N3O2.ClH/c1-12-4-3-5-16(13(12)2)21-11-15(8-17(21)22)18(23)20-7-6-14(9-19)10-20;/h3-5,14-15H,6-11,19H2,1-2H3;1H. The zero-order valence-electron chi connectivity index (χ0n) is 14.3. The van der Waals surface area contributed by atoms with Gasteiger partial charge < -0.3 is 15.5 Å². The third-order valence-corrected chi connectivity index (χ3v) is 5.27. The Labute approximate surface area is 149 Å². The van der Waals surface area contributed by atoms with Gasteiger partial charge in [0.2, 0.25) is 11.8 Å². The Balaban J connectivity index is 0.00000208. The number of amides is 2. The Morgan fingerprint density at radius 1 is 1.29 bits per heavy atom. The summed E-state index contributed by atoms with van der Waals surface area (Å²) in [5.74, 6) is 0.346. The second-order valence-electron chi connectivity index (χ2n) is 6.80. The largest absolute Gasteiger partial charge is 0.342 e. The molecular weight excluding hydrogens is 326 g/mol. The number of hydrogen-bond donors (Lipinski definition) is 1. The van der Waals surface area contributed by atoms with Gasteiger partial charge in [-0.2, -0.15) is 0 Å². The highest BCUT2D eigenvalue weighted by Crippen LogP contribution is 2.31.